The average Bonchev–Trinajstić information content (AvgIpc) is 2.59. The van der Waals surface area contributed by atoms with Gasteiger partial charge in [0, 0.05) is 11.9 Å². The molecule has 0 radical (unpaired) electrons. The maximum Gasteiger partial charge on any atom is 0.309 e. The van der Waals surface area contributed by atoms with Crippen molar-refractivity contribution in [2.45, 2.75) is 13.3 Å². The molecule has 4 nitrogen and oxygen atoms in total. The lowest BCUT2D eigenvalue weighted by Crippen LogP contribution is -1.99. The highest BCUT2D eigenvalue weighted by molar-refractivity contribution is 5.69. The quantitative estimate of drug-likeness (QED) is 0.883. The van der Waals surface area contributed by atoms with Crippen molar-refractivity contribution in [2.75, 3.05) is 0 Å². The van der Waals surface area contributed by atoms with E-state index in [-0.39, 0.29) is 12.2 Å². The minimum atomic E-state index is -0.922. The topological polar surface area (TPSA) is 55.1 Å². The standard InChI is InChI=1S/C12H11FN2O2/c1-8-14-10(6-12(16)17)7-15(8)11-4-2-9(13)3-5-11/h2-5,7H,6H2,1H3,(H,16,17). The summed E-state index contributed by atoms with van der Waals surface area (Å²) < 4.78 is 14.5. The van der Waals surface area contributed by atoms with Gasteiger partial charge >= 0.3 is 5.97 Å². The Balaban J connectivity index is 2.35. The van der Waals surface area contributed by atoms with Gasteiger partial charge in [-0.2, -0.15) is 0 Å². The van der Waals surface area contributed by atoms with Crippen LogP contribution < -0.4 is 0 Å². The second-order valence-corrected chi connectivity index (χ2v) is 3.70. The van der Waals surface area contributed by atoms with E-state index in [0.29, 0.717) is 11.5 Å². The molecule has 0 bridgehead atoms. The number of carbonyl (C=O) groups is 1. The molecule has 0 aliphatic heterocycles. The second-order valence-electron chi connectivity index (χ2n) is 3.70. The third-order valence-electron chi connectivity index (χ3n) is 2.37. The van der Waals surface area contributed by atoms with E-state index in [2.05, 4.69) is 4.98 Å². The number of nitrogens with zero attached hydrogens (tertiary/aromatic N) is 2. The van der Waals surface area contributed by atoms with Crippen molar-refractivity contribution in [3.8, 4) is 5.69 Å². The zero-order chi connectivity index (χ0) is 12.4. The molecule has 17 heavy (non-hydrogen) atoms. The molecule has 1 heterocycles. The molecule has 0 aliphatic rings. The summed E-state index contributed by atoms with van der Waals surface area (Å²) in [4.78, 5) is 14.7. The number of carboxylic acid groups (broad SMARTS) is 1. The van der Waals surface area contributed by atoms with Crippen molar-refractivity contribution in [3.05, 3.63) is 47.8 Å². The molecule has 1 aromatic heterocycles. The number of benzene rings is 1. The van der Waals surface area contributed by atoms with E-state index in [1.807, 2.05) is 0 Å². The number of aryl methyl sites for hydroxylation is 1. The molecule has 0 fully saturated rings. The van der Waals surface area contributed by atoms with E-state index in [9.17, 15) is 9.18 Å². The van der Waals surface area contributed by atoms with Crippen molar-refractivity contribution in [3.63, 3.8) is 0 Å². The minimum absolute atomic E-state index is 0.116. The van der Waals surface area contributed by atoms with E-state index >= 15 is 0 Å². The van der Waals surface area contributed by atoms with Crippen LogP contribution in [0, 0.1) is 12.7 Å². The maximum atomic E-state index is 12.8. The molecule has 0 saturated heterocycles. The molecule has 1 aromatic carbocycles. The Morgan fingerprint density at radius 3 is 2.65 bits per heavy atom. The molecular formula is C12H11FN2O2. The van der Waals surface area contributed by atoms with Gasteiger partial charge in [0.2, 0.25) is 0 Å². The van der Waals surface area contributed by atoms with Crippen LogP contribution in [0.5, 0.6) is 0 Å². The summed E-state index contributed by atoms with van der Waals surface area (Å²) in [5.41, 5.74) is 1.24. The molecule has 0 spiro atoms. The van der Waals surface area contributed by atoms with Gasteiger partial charge in [-0.3, -0.25) is 4.79 Å². The number of carboxylic acids is 1. The van der Waals surface area contributed by atoms with Crippen molar-refractivity contribution in [2.24, 2.45) is 0 Å². The van der Waals surface area contributed by atoms with Gasteiger partial charge in [-0.25, -0.2) is 9.37 Å². The van der Waals surface area contributed by atoms with Crippen LogP contribution >= 0.6 is 0 Å². The van der Waals surface area contributed by atoms with Crippen molar-refractivity contribution in [1.82, 2.24) is 9.55 Å². The number of halogens is 1. The molecule has 88 valence electrons. The van der Waals surface area contributed by atoms with Gasteiger partial charge in [0.1, 0.15) is 11.6 Å². The number of aliphatic carboxylic acids is 1. The van der Waals surface area contributed by atoms with E-state index in [1.165, 1.54) is 12.1 Å². The van der Waals surface area contributed by atoms with Crippen LogP contribution in [0.1, 0.15) is 11.5 Å². The molecule has 2 rings (SSSR count). The summed E-state index contributed by atoms with van der Waals surface area (Å²) in [5.74, 6) is -0.557. The third kappa shape index (κ3) is 2.50. The Morgan fingerprint density at radius 1 is 1.41 bits per heavy atom. The third-order valence-corrected chi connectivity index (χ3v) is 2.37. The molecule has 0 amide bonds. The molecule has 1 N–H and O–H groups in total. The van der Waals surface area contributed by atoms with Gasteiger partial charge in [-0.1, -0.05) is 0 Å². The predicted molar refractivity (Wildman–Crippen MR) is 59.6 cm³/mol. The summed E-state index contributed by atoms with van der Waals surface area (Å²) in [7, 11) is 0. The monoisotopic (exact) mass is 234 g/mol. The number of hydrogen-bond acceptors (Lipinski definition) is 2. The SMILES string of the molecule is Cc1nc(CC(=O)O)cn1-c1ccc(F)cc1. The minimum Gasteiger partial charge on any atom is -0.481 e. The van der Waals surface area contributed by atoms with Crippen molar-refractivity contribution >= 4 is 5.97 Å². The van der Waals surface area contributed by atoms with Gasteiger partial charge in [-0.05, 0) is 31.2 Å². The van der Waals surface area contributed by atoms with Crippen LogP contribution in [0.25, 0.3) is 5.69 Å². The zero-order valence-electron chi connectivity index (χ0n) is 9.22. The molecule has 0 saturated carbocycles. The summed E-state index contributed by atoms with van der Waals surface area (Å²) in [6.07, 6.45) is 1.53. The lowest BCUT2D eigenvalue weighted by Gasteiger charge is -2.03. The average molecular weight is 234 g/mol. The van der Waals surface area contributed by atoms with E-state index in [4.69, 9.17) is 5.11 Å². The van der Waals surface area contributed by atoms with Gasteiger partial charge < -0.3 is 9.67 Å². The predicted octanol–water partition coefficient (Wildman–Crippen LogP) is 1.95. The van der Waals surface area contributed by atoms with E-state index < -0.39 is 5.97 Å². The first-order valence-electron chi connectivity index (χ1n) is 5.09. The Kier molecular flexibility index (Phi) is 2.91. The largest absolute Gasteiger partial charge is 0.481 e. The first kappa shape index (κ1) is 11.3. The Morgan fingerprint density at radius 2 is 2.06 bits per heavy atom. The fourth-order valence-corrected chi connectivity index (χ4v) is 1.64. The number of aromatic nitrogens is 2. The summed E-state index contributed by atoms with van der Waals surface area (Å²) >= 11 is 0. The molecular weight excluding hydrogens is 223 g/mol. The van der Waals surface area contributed by atoms with Gasteiger partial charge in [0.25, 0.3) is 0 Å². The molecule has 0 unspecified atom stereocenters. The summed E-state index contributed by atoms with van der Waals surface area (Å²) in [6.45, 7) is 1.77. The van der Waals surface area contributed by atoms with Crippen LogP contribution in [0.2, 0.25) is 0 Å². The van der Waals surface area contributed by atoms with Crippen LogP contribution in [0.4, 0.5) is 4.39 Å². The Labute approximate surface area is 97.3 Å². The molecule has 0 aliphatic carbocycles. The lowest BCUT2D eigenvalue weighted by atomic mass is 10.3. The Hall–Kier alpha value is -2.17. The van der Waals surface area contributed by atoms with Crippen LogP contribution in [0.15, 0.2) is 30.5 Å². The molecule has 2 aromatic rings. The highest BCUT2D eigenvalue weighted by Gasteiger charge is 2.08. The highest BCUT2D eigenvalue weighted by Crippen LogP contribution is 2.13. The summed E-state index contributed by atoms with van der Waals surface area (Å²) in [5, 5.41) is 8.68. The molecule has 5 heteroatoms. The van der Waals surface area contributed by atoms with Gasteiger partial charge in [0.05, 0.1) is 12.1 Å². The maximum absolute atomic E-state index is 12.8. The first-order chi connectivity index (χ1) is 8.06. The fourth-order valence-electron chi connectivity index (χ4n) is 1.64. The highest BCUT2D eigenvalue weighted by atomic mass is 19.1. The fraction of sp³-hybridized carbons (Fsp3) is 0.167. The first-order valence-corrected chi connectivity index (χ1v) is 5.09. The Bertz CT molecular complexity index is 546. The van der Waals surface area contributed by atoms with Crippen LogP contribution in [0.3, 0.4) is 0 Å². The molecule has 0 atom stereocenters. The lowest BCUT2D eigenvalue weighted by molar-refractivity contribution is -0.136. The second kappa shape index (κ2) is 4.37. The van der Waals surface area contributed by atoms with Crippen molar-refractivity contribution < 1.29 is 14.3 Å². The van der Waals surface area contributed by atoms with Gasteiger partial charge in [-0.15, -0.1) is 0 Å². The van der Waals surface area contributed by atoms with Gasteiger partial charge in [0.15, 0.2) is 0 Å². The number of imidazole rings is 1. The zero-order valence-corrected chi connectivity index (χ0v) is 9.22. The number of hydrogen-bond donors (Lipinski definition) is 1. The number of rotatable bonds is 3. The normalized spacial score (nSPS) is 10.5. The van der Waals surface area contributed by atoms with Crippen molar-refractivity contribution in [1.29, 1.82) is 0 Å². The van der Waals surface area contributed by atoms with E-state index in [1.54, 1.807) is 29.8 Å². The van der Waals surface area contributed by atoms with Crippen LogP contribution in [-0.2, 0) is 11.2 Å². The summed E-state index contributed by atoms with van der Waals surface area (Å²) in [6, 6.07) is 5.94. The van der Waals surface area contributed by atoms with Crippen LogP contribution in [-0.4, -0.2) is 20.6 Å². The smallest absolute Gasteiger partial charge is 0.309 e. The van der Waals surface area contributed by atoms with E-state index in [0.717, 1.165) is 5.69 Å².